The van der Waals surface area contributed by atoms with E-state index in [1.807, 2.05) is 0 Å². The summed E-state index contributed by atoms with van der Waals surface area (Å²) in [6.07, 6.45) is -0.728. The predicted octanol–water partition coefficient (Wildman–Crippen LogP) is 3.34. The van der Waals surface area contributed by atoms with Crippen molar-refractivity contribution in [3.05, 3.63) is 47.5 Å². The molecule has 0 heterocycles. The molecule has 2 aromatic rings. The Kier molecular flexibility index (Phi) is 5.12. The maximum absolute atomic E-state index is 12.2. The highest BCUT2D eigenvalue weighted by atomic mass is 35.5. The molecular formula is C16H17ClN2O3. The third kappa shape index (κ3) is 3.83. The van der Waals surface area contributed by atoms with Gasteiger partial charge < -0.3 is 20.5 Å². The van der Waals surface area contributed by atoms with Gasteiger partial charge in [0.05, 0.1) is 18.5 Å². The first kappa shape index (κ1) is 16.0. The van der Waals surface area contributed by atoms with Crippen LogP contribution >= 0.6 is 11.6 Å². The molecule has 0 saturated heterocycles. The van der Waals surface area contributed by atoms with Crippen molar-refractivity contribution in [3.63, 3.8) is 0 Å². The van der Waals surface area contributed by atoms with Crippen molar-refractivity contribution < 1.29 is 14.3 Å². The van der Waals surface area contributed by atoms with E-state index in [1.165, 1.54) is 7.11 Å². The molecule has 0 aromatic heterocycles. The van der Waals surface area contributed by atoms with Crippen LogP contribution in [0.1, 0.15) is 6.92 Å². The maximum atomic E-state index is 12.2. The van der Waals surface area contributed by atoms with Gasteiger partial charge in [0, 0.05) is 5.02 Å². The number of halogens is 1. The Bertz CT molecular complexity index is 676. The van der Waals surface area contributed by atoms with E-state index in [-0.39, 0.29) is 5.91 Å². The van der Waals surface area contributed by atoms with Crippen LogP contribution in [0.5, 0.6) is 11.5 Å². The highest BCUT2D eigenvalue weighted by Crippen LogP contribution is 2.28. The van der Waals surface area contributed by atoms with E-state index >= 15 is 0 Å². The molecule has 5 nitrogen and oxygen atoms in total. The zero-order chi connectivity index (χ0) is 16.1. The number of hydrogen-bond donors (Lipinski definition) is 2. The molecule has 0 aliphatic rings. The number of rotatable bonds is 5. The van der Waals surface area contributed by atoms with Crippen molar-refractivity contribution >= 4 is 28.9 Å². The average molecular weight is 321 g/mol. The van der Waals surface area contributed by atoms with E-state index < -0.39 is 6.10 Å². The first-order valence-corrected chi connectivity index (χ1v) is 7.04. The summed E-state index contributed by atoms with van der Waals surface area (Å²) in [5, 5.41) is 3.22. The molecule has 1 atom stereocenters. The van der Waals surface area contributed by atoms with Crippen LogP contribution in [0.15, 0.2) is 42.5 Å². The number of nitrogens with one attached hydrogen (secondary N) is 1. The second-order valence-corrected chi connectivity index (χ2v) is 5.07. The molecule has 0 fully saturated rings. The largest absolute Gasteiger partial charge is 0.495 e. The lowest BCUT2D eigenvalue weighted by Gasteiger charge is -2.17. The highest BCUT2D eigenvalue weighted by molar-refractivity contribution is 6.31. The molecule has 1 amide bonds. The fourth-order valence-corrected chi connectivity index (χ4v) is 2.02. The normalized spacial score (nSPS) is 11.6. The monoisotopic (exact) mass is 320 g/mol. The van der Waals surface area contributed by atoms with E-state index in [0.29, 0.717) is 27.9 Å². The summed E-state index contributed by atoms with van der Waals surface area (Å²) in [5.74, 6) is 0.649. The van der Waals surface area contributed by atoms with Gasteiger partial charge in [0.25, 0.3) is 5.91 Å². The molecule has 116 valence electrons. The van der Waals surface area contributed by atoms with E-state index in [2.05, 4.69) is 5.32 Å². The van der Waals surface area contributed by atoms with Crippen molar-refractivity contribution in [2.75, 3.05) is 18.2 Å². The van der Waals surface area contributed by atoms with Crippen LogP contribution in [-0.4, -0.2) is 19.1 Å². The molecular weight excluding hydrogens is 304 g/mol. The molecule has 0 bridgehead atoms. The maximum Gasteiger partial charge on any atom is 0.265 e. The minimum Gasteiger partial charge on any atom is -0.495 e. The molecule has 0 aliphatic carbocycles. The fourth-order valence-electron chi connectivity index (χ4n) is 1.84. The van der Waals surface area contributed by atoms with Crippen LogP contribution in [0.3, 0.4) is 0 Å². The minimum absolute atomic E-state index is 0.330. The van der Waals surface area contributed by atoms with Crippen molar-refractivity contribution in [2.45, 2.75) is 13.0 Å². The van der Waals surface area contributed by atoms with Crippen LogP contribution in [0.25, 0.3) is 0 Å². The van der Waals surface area contributed by atoms with Gasteiger partial charge in [0.1, 0.15) is 11.5 Å². The van der Waals surface area contributed by atoms with Crippen LogP contribution < -0.4 is 20.5 Å². The summed E-state index contributed by atoms with van der Waals surface area (Å²) in [6, 6.07) is 12.0. The topological polar surface area (TPSA) is 73.6 Å². The number of anilines is 2. The summed E-state index contributed by atoms with van der Waals surface area (Å²) in [7, 11) is 1.52. The van der Waals surface area contributed by atoms with Gasteiger partial charge in [-0.25, -0.2) is 0 Å². The Balaban J connectivity index is 2.09. The molecule has 0 radical (unpaired) electrons. The Labute approximate surface area is 134 Å². The Hall–Kier alpha value is -2.40. The number of nitrogen functional groups attached to an aromatic ring is 1. The first-order valence-electron chi connectivity index (χ1n) is 6.67. The van der Waals surface area contributed by atoms with Gasteiger partial charge in [0.15, 0.2) is 6.10 Å². The number of benzene rings is 2. The number of para-hydroxylation sites is 2. The summed E-state index contributed by atoms with van der Waals surface area (Å²) in [4.78, 5) is 12.2. The highest BCUT2D eigenvalue weighted by Gasteiger charge is 2.17. The van der Waals surface area contributed by atoms with Crippen LogP contribution in [-0.2, 0) is 4.79 Å². The van der Waals surface area contributed by atoms with Gasteiger partial charge in [-0.2, -0.15) is 0 Å². The molecule has 0 saturated carbocycles. The molecule has 2 aromatic carbocycles. The standard InChI is InChI=1S/C16H17ClN2O3/c1-10(22-14-6-4-3-5-12(14)18)16(20)19-13-9-11(17)7-8-15(13)21-2/h3-10H,18H2,1-2H3,(H,19,20). The van der Waals surface area contributed by atoms with Crippen molar-refractivity contribution in [2.24, 2.45) is 0 Å². The van der Waals surface area contributed by atoms with Crippen LogP contribution in [0, 0.1) is 0 Å². The smallest absolute Gasteiger partial charge is 0.265 e. The summed E-state index contributed by atoms with van der Waals surface area (Å²) in [5.41, 5.74) is 6.75. The van der Waals surface area contributed by atoms with Gasteiger partial charge in [-0.3, -0.25) is 4.79 Å². The number of ether oxygens (including phenoxy) is 2. The van der Waals surface area contributed by atoms with Gasteiger partial charge in [-0.1, -0.05) is 23.7 Å². The number of hydrogen-bond acceptors (Lipinski definition) is 4. The zero-order valence-electron chi connectivity index (χ0n) is 12.3. The molecule has 2 rings (SSSR count). The van der Waals surface area contributed by atoms with Crippen LogP contribution in [0.4, 0.5) is 11.4 Å². The second-order valence-electron chi connectivity index (χ2n) is 4.63. The number of nitrogens with two attached hydrogens (primary N) is 1. The van der Waals surface area contributed by atoms with Gasteiger partial charge in [-0.05, 0) is 37.3 Å². The quantitative estimate of drug-likeness (QED) is 0.829. The Morgan fingerprint density at radius 1 is 1.23 bits per heavy atom. The SMILES string of the molecule is COc1ccc(Cl)cc1NC(=O)C(C)Oc1ccccc1N. The molecule has 22 heavy (non-hydrogen) atoms. The van der Waals surface area contributed by atoms with E-state index in [9.17, 15) is 4.79 Å². The summed E-state index contributed by atoms with van der Waals surface area (Å²) >= 11 is 5.93. The number of methoxy groups -OCH3 is 1. The van der Waals surface area contributed by atoms with Gasteiger partial charge in [-0.15, -0.1) is 0 Å². The number of carbonyl (C=O) groups excluding carboxylic acids is 1. The fraction of sp³-hybridized carbons (Fsp3) is 0.188. The minimum atomic E-state index is -0.728. The van der Waals surface area contributed by atoms with E-state index in [4.69, 9.17) is 26.8 Å². The van der Waals surface area contributed by atoms with Crippen molar-refractivity contribution in [1.29, 1.82) is 0 Å². The molecule has 0 aliphatic heterocycles. The van der Waals surface area contributed by atoms with E-state index in [0.717, 1.165) is 0 Å². The molecule has 6 heteroatoms. The molecule has 0 spiro atoms. The molecule has 3 N–H and O–H groups in total. The van der Waals surface area contributed by atoms with Crippen molar-refractivity contribution in [3.8, 4) is 11.5 Å². The summed E-state index contributed by atoms with van der Waals surface area (Å²) < 4.78 is 10.8. The number of carbonyl (C=O) groups is 1. The number of amides is 1. The lowest BCUT2D eigenvalue weighted by atomic mass is 10.2. The third-order valence-electron chi connectivity index (χ3n) is 3.01. The van der Waals surface area contributed by atoms with Gasteiger partial charge in [0.2, 0.25) is 0 Å². The third-order valence-corrected chi connectivity index (χ3v) is 3.25. The zero-order valence-corrected chi connectivity index (χ0v) is 13.1. The Morgan fingerprint density at radius 3 is 2.64 bits per heavy atom. The predicted molar refractivity (Wildman–Crippen MR) is 87.6 cm³/mol. The lowest BCUT2D eigenvalue weighted by Crippen LogP contribution is -2.30. The van der Waals surface area contributed by atoms with Gasteiger partial charge >= 0.3 is 0 Å². The first-order chi connectivity index (χ1) is 10.5. The van der Waals surface area contributed by atoms with E-state index in [1.54, 1.807) is 49.4 Å². The van der Waals surface area contributed by atoms with Crippen molar-refractivity contribution in [1.82, 2.24) is 0 Å². The molecule has 1 unspecified atom stereocenters. The summed E-state index contributed by atoms with van der Waals surface area (Å²) in [6.45, 7) is 1.64. The average Bonchev–Trinajstić information content (AvgIpc) is 2.49. The Morgan fingerprint density at radius 2 is 1.95 bits per heavy atom. The lowest BCUT2D eigenvalue weighted by molar-refractivity contribution is -0.122. The van der Waals surface area contributed by atoms with Crippen LogP contribution in [0.2, 0.25) is 5.02 Å². The second kappa shape index (κ2) is 7.04.